The maximum Gasteiger partial charge on any atom is 0.319 e. The third-order valence-corrected chi connectivity index (χ3v) is 5.15. The average Bonchev–Trinajstić information content (AvgIpc) is 2.78. The average molecular weight is 390 g/mol. The molecule has 1 aromatic heterocycles. The number of carbonyl (C=O) groups is 1. The number of hydrogen-bond acceptors (Lipinski definition) is 5. The van der Waals surface area contributed by atoms with E-state index in [1.807, 2.05) is 42.5 Å². The number of rotatable bonds is 6. The molecule has 2 N–H and O–H groups in total. The van der Waals surface area contributed by atoms with Crippen molar-refractivity contribution in [3.8, 4) is 0 Å². The van der Waals surface area contributed by atoms with Gasteiger partial charge in [0.2, 0.25) is 5.95 Å². The SMILES string of the molecule is O=C(NCCCN1CCN(c2ncccn2)CC1)Nc1ccc2ccccc2c1. The highest BCUT2D eigenvalue weighted by Crippen LogP contribution is 2.18. The van der Waals surface area contributed by atoms with Crippen LogP contribution in [0.1, 0.15) is 6.42 Å². The summed E-state index contributed by atoms with van der Waals surface area (Å²) in [6, 6.07) is 15.7. The summed E-state index contributed by atoms with van der Waals surface area (Å²) in [7, 11) is 0. The Labute approximate surface area is 170 Å². The zero-order valence-electron chi connectivity index (χ0n) is 16.4. The van der Waals surface area contributed by atoms with Crippen molar-refractivity contribution < 1.29 is 4.79 Å². The van der Waals surface area contributed by atoms with Crippen LogP contribution in [0.25, 0.3) is 10.8 Å². The van der Waals surface area contributed by atoms with Gasteiger partial charge in [-0.2, -0.15) is 0 Å². The largest absolute Gasteiger partial charge is 0.338 e. The summed E-state index contributed by atoms with van der Waals surface area (Å²) in [5.41, 5.74) is 0.806. The van der Waals surface area contributed by atoms with Crippen LogP contribution in [0.2, 0.25) is 0 Å². The molecular formula is C22H26N6O. The summed E-state index contributed by atoms with van der Waals surface area (Å²) in [6.07, 6.45) is 4.49. The number of amides is 2. The van der Waals surface area contributed by atoms with Gasteiger partial charge in [-0.05, 0) is 41.9 Å². The van der Waals surface area contributed by atoms with Gasteiger partial charge in [0, 0.05) is 50.8 Å². The molecule has 0 spiro atoms. The van der Waals surface area contributed by atoms with Crippen LogP contribution >= 0.6 is 0 Å². The lowest BCUT2D eigenvalue weighted by molar-refractivity contribution is 0.244. The molecule has 7 heteroatoms. The molecule has 7 nitrogen and oxygen atoms in total. The fourth-order valence-corrected chi connectivity index (χ4v) is 3.57. The molecule has 4 rings (SSSR count). The first kappa shape index (κ1) is 19.1. The molecule has 1 aliphatic rings. The Hall–Kier alpha value is -3.19. The number of anilines is 2. The Morgan fingerprint density at radius 2 is 1.69 bits per heavy atom. The Morgan fingerprint density at radius 1 is 0.931 bits per heavy atom. The van der Waals surface area contributed by atoms with E-state index in [0.29, 0.717) is 6.54 Å². The number of carbonyl (C=O) groups excluding carboxylic acids is 1. The van der Waals surface area contributed by atoms with Gasteiger partial charge in [0.1, 0.15) is 0 Å². The van der Waals surface area contributed by atoms with Gasteiger partial charge in [0.15, 0.2) is 0 Å². The van der Waals surface area contributed by atoms with Crippen molar-refractivity contribution >= 4 is 28.4 Å². The molecule has 29 heavy (non-hydrogen) atoms. The molecule has 0 unspecified atom stereocenters. The van der Waals surface area contributed by atoms with Gasteiger partial charge in [0.25, 0.3) is 0 Å². The second-order valence-electron chi connectivity index (χ2n) is 7.17. The van der Waals surface area contributed by atoms with Crippen molar-refractivity contribution in [2.45, 2.75) is 6.42 Å². The molecule has 0 bridgehead atoms. The summed E-state index contributed by atoms with van der Waals surface area (Å²) in [4.78, 5) is 25.4. The second kappa shape index (κ2) is 9.34. The van der Waals surface area contributed by atoms with Crippen molar-refractivity contribution in [3.05, 3.63) is 60.9 Å². The molecule has 1 aliphatic heterocycles. The molecule has 1 fully saturated rings. The second-order valence-corrected chi connectivity index (χ2v) is 7.17. The maximum atomic E-state index is 12.1. The van der Waals surface area contributed by atoms with Crippen LogP contribution in [-0.2, 0) is 0 Å². The number of urea groups is 1. The molecule has 0 aliphatic carbocycles. The fourth-order valence-electron chi connectivity index (χ4n) is 3.57. The lowest BCUT2D eigenvalue weighted by Gasteiger charge is -2.34. The first-order valence-corrected chi connectivity index (χ1v) is 10.1. The van der Waals surface area contributed by atoms with Gasteiger partial charge in [-0.1, -0.05) is 30.3 Å². The predicted molar refractivity (Wildman–Crippen MR) is 116 cm³/mol. The minimum Gasteiger partial charge on any atom is -0.338 e. The number of aromatic nitrogens is 2. The van der Waals surface area contributed by atoms with Crippen LogP contribution in [0.15, 0.2) is 60.9 Å². The summed E-state index contributed by atoms with van der Waals surface area (Å²) < 4.78 is 0. The van der Waals surface area contributed by atoms with Crippen LogP contribution in [0.4, 0.5) is 16.4 Å². The molecule has 2 aromatic carbocycles. The van der Waals surface area contributed by atoms with E-state index in [4.69, 9.17) is 0 Å². The molecule has 150 valence electrons. The van der Waals surface area contributed by atoms with E-state index in [9.17, 15) is 4.79 Å². The van der Waals surface area contributed by atoms with Crippen molar-refractivity contribution in [2.24, 2.45) is 0 Å². The first-order chi connectivity index (χ1) is 14.3. The Bertz CT molecular complexity index is 940. The van der Waals surface area contributed by atoms with Gasteiger partial charge >= 0.3 is 6.03 Å². The normalized spacial score (nSPS) is 14.7. The number of hydrogen-bond donors (Lipinski definition) is 2. The minimum absolute atomic E-state index is 0.161. The number of piperazine rings is 1. The Kier molecular flexibility index (Phi) is 6.16. The van der Waals surface area contributed by atoms with Gasteiger partial charge in [0.05, 0.1) is 0 Å². The summed E-state index contributed by atoms with van der Waals surface area (Å²) >= 11 is 0. The smallest absolute Gasteiger partial charge is 0.319 e. The molecule has 0 saturated carbocycles. The third-order valence-electron chi connectivity index (χ3n) is 5.15. The van der Waals surface area contributed by atoms with Gasteiger partial charge < -0.3 is 15.5 Å². The highest BCUT2D eigenvalue weighted by molar-refractivity contribution is 5.93. The molecule has 0 atom stereocenters. The van der Waals surface area contributed by atoms with Gasteiger partial charge in [-0.3, -0.25) is 4.90 Å². The number of fused-ring (bicyclic) bond motifs is 1. The van der Waals surface area contributed by atoms with E-state index in [-0.39, 0.29) is 6.03 Å². The van der Waals surface area contributed by atoms with E-state index < -0.39 is 0 Å². The lowest BCUT2D eigenvalue weighted by atomic mass is 10.1. The number of nitrogens with one attached hydrogen (secondary N) is 2. The van der Waals surface area contributed by atoms with E-state index in [2.05, 4.69) is 36.5 Å². The maximum absolute atomic E-state index is 12.1. The summed E-state index contributed by atoms with van der Waals surface area (Å²) in [5.74, 6) is 0.805. The van der Waals surface area contributed by atoms with Crippen molar-refractivity contribution in [3.63, 3.8) is 0 Å². The predicted octanol–water partition coefficient (Wildman–Crippen LogP) is 2.96. The molecule has 2 heterocycles. The molecular weight excluding hydrogens is 364 g/mol. The Morgan fingerprint density at radius 3 is 2.48 bits per heavy atom. The first-order valence-electron chi connectivity index (χ1n) is 10.1. The van der Waals surface area contributed by atoms with Gasteiger partial charge in [-0.25, -0.2) is 14.8 Å². The molecule has 2 amide bonds. The van der Waals surface area contributed by atoms with Crippen LogP contribution in [0.5, 0.6) is 0 Å². The van der Waals surface area contributed by atoms with Crippen molar-refractivity contribution in [1.29, 1.82) is 0 Å². The Balaban J connectivity index is 1.15. The monoisotopic (exact) mass is 390 g/mol. The highest BCUT2D eigenvalue weighted by atomic mass is 16.2. The quantitative estimate of drug-likeness (QED) is 0.633. The summed E-state index contributed by atoms with van der Waals surface area (Å²) in [5, 5.41) is 8.14. The van der Waals surface area contributed by atoms with Crippen LogP contribution < -0.4 is 15.5 Å². The van der Waals surface area contributed by atoms with E-state index in [0.717, 1.165) is 61.6 Å². The highest BCUT2D eigenvalue weighted by Gasteiger charge is 2.18. The molecule has 1 saturated heterocycles. The minimum atomic E-state index is -0.161. The van der Waals surface area contributed by atoms with Crippen molar-refractivity contribution in [2.75, 3.05) is 49.5 Å². The summed E-state index contributed by atoms with van der Waals surface area (Å²) in [6.45, 7) is 5.46. The van der Waals surface area contributed by atoms with E-state index >= 15 is 0 Å². The fraction of sp³-hybridized carbons (Fsp3) is 0.318. The standard InChI is InChI=1S/C22H26N6O/c29-22(26-20-8-7-18-5-1-2-6-19(18)17-20)25-11-4-12-27-13-15-28(16-14-27)21-23-9-3-10-24-21/h1-3,5-10,17H,4,11-16H2,(H2,25,26,29). The zero-order valence-corrected chi connectivity index (χ0v) is 16.4. The molecule has 0 radical (unpaired) electrons. The van der Waals surface area contributed by atoms with Crippen LogP contribution in [0, 0.1) is 0 Å². The molecule has 3 aromatic rings. The van der Waals surface area contributed by atoms with Crippen molar-refractivity contribution in [1.82, 2.24) is 20.2 Å². The van der Waals surface area contributed by atoms with Crippen LogP contribution in [0.3, 0.4) is 0 Å². The number of nitrogens with zero attached hydrogens (tertiary/aromatic N) is 4. The third kappa shape index (κ3) is 5.20. The van der Waals surface area contributed by atoms with Gasteiger partial charge in [-0.15, -0.1) is 0 Å². The zero-order chi connectivity index (χ0) is 19.9. The number of benzene rings is 2. The topological polar surface area (TPSA) is 73.4 Å². The van der Waals surface area contributed by atoms with E-state index in [1.54, 1.807) is 12.4 Å². The van der Waals surface area contributed by atoms with E-state index in [1.165, 1.54) is 0 Å². The van der Waals surface area contributed by atoms with Crippen LogP contribution in [-0.4, -0.2) is 60.2 Å². The lowest BCUT2D eigenvalue weighted by Crippen LogP contribution is -2.47.